The molecule has 3 aromatic rings. The highest BCUT2D eigenvalue weighted by Gasteiger charge is 2.23. The molecule has 1 fully saturated rings. The maximum absolute atomic E-state index is 9.04. The number of ether oxygens (including phenoxy) is 2. The highest BCUT2D eigenvalue weighted by molar-refractivity contribution is 5.83. The molecule has 0 bridgehead atoms. The SMILES string of the molecule is CNc1nc(Oc2cnc(C#N)cc2C)cc(Nc2ccc(N3CC(C)OC(C)C3)nn2)c1NN. The van der Waals surface area contributed by atoms with Crippen molar-refractivity contribution in [1.82, 2.24) is 20.2 Å². The van der Waals surface area contributed by atoms with Crippen molar-refractivity contribution in [2.75, 3.05) is 41.1 Å². The largest absolute Gasteiger partial charge is 0.437 e. The van der Waals surface area contributed by atoms with Gasteiger partial charge in [-0.2, -0.15) is 10.2 Å². The second-order valence-electron chi connectivity index (χ2n) is 8.24. The van der Waals surface area contributed by atoms with Gasteiger partial charge in [-0.05, 0) is 44.5 Å². The van der Waals surface area contributed by atoms with E-state index in [0.29, 0.717) is 40.3 Å². The molecular weight excluding hydrogens is 448 g/mol. The Morgan fingerprint density at radius 3 is 2.57 bits per heavy atom. The fraction of sp³-hybridized carbons (Fsp3) is 0.348. The lowest BCUT2D eigenvalue weighted by Crippen LogP contribution is -2.45. The number of morpholine rings is 1. The van der Waals surface area contributed by atoms with Crippen LogP contribution in [0.25, 0.3) is 0 Å². The molecule has 2 atom stereocenters. The van der Waals surface area contributed by atoms with Crippen LogP contribution in [0.15, 0.2) is 30.5 Å². The van der Waals surface area contributed by atoms with Crippen molar-refractivity contribution in [1.29, 1.82) is 5.26 Å². The number of hydrogen-bond acceptors (Lipinski definition) is 12. The van der Waals surface area contributed by atoms with E-state index in [0.717, 1.165) is 24.5 Å². The predicted octanol–water partition coefficient (Wildman–Crippen LogP) is 2.92. The molecule has 12 heteroatoms. The van der Waals surface area contributed by atoms with Crippen molar-refractivity contribution >= 4 is 28.8 Å². The van der Waals surface area contributed by atoms with Crippen LogP contribution >= 0.6 is 0 Å². The lowest BCUT2D eigenvalue weighted by atomic mass is 10.2. The Morgan fingerprint density at radius 2 is 1.97 bits per heavy atom. The standard InChI is InChI=1S/C23H28N10O2/c1-13-7-16(9-24)27-10-18(13)35-21-8-17(22(30-25)23(26-4)29-21)28-19-5-6-20(32-31-19)33-11-14(2)34-15(3)12-33/h5-8,10,14-15,30H,11-12,25H2,1-4H3,(H2,26,28,29,31). The monoisotopic (exact) mass is 476 g/mol. The average molecular weight is 477 g/mol. The lowest BCUT2D eigenvalue weighted by Gasteiger charge is -2.35. The highest BCUT2D eigenvalue weighted by atomic mass is 16.5. The van der Waals surface area contributed by atoms with Gasteiger partial charge in [0, 0.05) is 26.2 Å². The Morgan fingerprint density at radius 1 is 1.20 bits per heavy atom. The van der Waals surface area contributed by atoms with Gasteiger partial charge in [-0.15, -0.1) is 10.2 Å². The molecule has 1 saturated heterocycles. The number of anilines is 5. The number of aryl methyl sites for hydroxylation is 1. The van der Waals surface area contributed by atoms with Gasteiger partial charge in [-0.25, -0.2) is 4.98 Å². The molecule has 1 aliphatic rings. The summed E-state index contributed by atoms with van der Waals surface area (Å²) in [5.41, 5.74) is 4.84. The Balaban J connectivity index is 1.58. The van der Waals surface area contributed by atoms with E-state index in [1.807, 2.05) is 39.0 Å². The number of hydrazine groups is 1. The first-order valence-electron chi connectivity index (χ1n) is 11.1. The predicted molar refractivity (Wildman–Crippen MR) is 133 cm³/mol. The number of aromatic nitrogens is 4. The first-order valence-corrected chi connectivity index (χ1v) is 11.1. The van der Waals surface area contributed by atoms with Crippen molar-refractivity contribution in [2.45, 2.75) is 33.0 Å². The van der Waals surface area contributed by atoms with Crippen LogP contribution < -0.4 is 31.5 Å². The summed E-state index contributed by atoms with van der Waals surface area (Å²) in [5, 5.41) is 24.0. The molecule has 0 amide bonds. The zero-order valence-corrected chi connectivity index (χ0v) is 20.0. The molecule has 0 saturated carbocycles. The third kappa shape index (κ3) is 5.48. The fourth-order valence-electron chi connectivity index (χ4n) is 3.89. The van der Waals surface area contributed by atoms with E-state index in [1.54, 1.807) is 19.2 Å². The minimum absolute atomic E-state index is 0.127. The van der Waals surface area contributed by atoms with Crippen LogP contribution in [0.1, 0.15) is 25.1 Å². The van der Waals surface area contributed by atoms with Crippen molar-refractivity contribution < 1.29 is 9.47 Å². The minimum atomic E-state index is 0.127. The van der Waals surface area contributed by atoms with Gasteiger partial charge in [0.2, 0.25) is 5.88 Å². The number of nitrogens with two attached hydrogens (primary N) is 1. The average Bonchev–Trinajstić information content (AvgIpc) is 2.84. The first-order chi connectivity index (χ1) is 16.9. The summed E-state index contributed by atoms with van der Waals surface area (Å²) in [6, 6.07) is 9.11. The summed E-state index contributed by atoms with van der Waals surface area (Å²) in [6.07, 6.45) is 1.75. The molecular formula is C23H28N10O2. The van der Waals surface area contributed by atoms with Gasteiger partial charge in [0.15, 0.2) is 23.2 Å². The van der Waals surface area contributed by atoms with Crippen molar-refractivity contribution in [2.24, 2.45) is 5.84 Å². The Labute approximate surface area is 203 Å². The van der Waals surface area contributed by atoms with E-state index in [1.165, 1.54) is 6.20 Å². The van der Waals surface area contributed by atoms with E-state index >= 15 is 0 Å². The Kier molecular flexibility index (Phi) is 7.09. The zero-order valence-electron chi connectivity index (χ0n) is 20.0. The first kappa shape index (κ1) is 23.9. The molecule has 12 nitrogen and oxygen atoms in total. The quantitative estimate of drug-likeness (QED) is 0.292. The molecule has 2 unspecified atom stereocenters. The molecule has 0 aromatic carbocycles. The normalized spacial score (nSPS) is 17.4. The molecule has 5 N–H and O–H groups in total. The van der Waals surface area contributed by atoms with Crippen LogP contribution in [-0.2, 0) is 4.74 Å². The van der Waals surface area contributed by atoms with Crippen LogP contribution in [0.5, 0.6) is 11.6 Å². The molecule has 1 aliphatic heterocycles. The van der Waals surface area contributed by atoms with E-state index < -0.39 is 0 Å². The third-order valence-corrected chi connectivity index (χ3v) is 5.43. The number of rotatable bonds is 7. The van der Waals surface area contributed by atoms with E-state index in [9.17, 15) is 0 Å². The molecule has 4 rings (SSSR count). The van der Waals surface area contributed by atoms with Crippen molar-refractivity contribution in [3.8, 4) is 17.7 Å². The number of nitriles is 1. The summed E-state index contributed by atoms with van der Waals surface area (Å²) in [5.74, 6) is 8.33. The number of nitrogens with zero attached hydrogens (tertiary/aromatic N) is 6. The van der Waals surface area contributed by atoms with Crippen LogP contribution in [-0.4, -0.2) is 52.5 Å². The Hall–Kier alpha value is -4.21. The number of nitrogens with one attached hydrogen (secondary N) is 3. The molecule has 182 valence electrons. The summed E-state index contributed by atoms with van der Waals surface area (Å²) >= 11 is 0. The van der Waals surface area contributed by atoms with Gasteiger partial charge in [0.05, 0.1) is 24.1 Å². The fourth-order valence-corrected chi connectivity index (χ4v) is 3.89. The molecule has 0 spiro atoms. The minimum Gasteiger partial charge on any atom is -0.437 e. The Bertz CT molecular complexity index is 1220. The second-order valence-corrected chi connectivity index (χ2v) is 8.24. The van der Waals surface area contributed by atoms with Gasteiger partial charge in [0.25, 0.3) is 0 Å². The second kappa shape index (κ2) is 10.4. The molecule has 0 radical (unpaired) electrons. The summed E-state index contributed by atoms with van der Waals surface area (Å²) < 4.78 is 11.8. The number of hydrogen-bond donors (Lipinski definition) is 4. The van der Waals surface area contributed by atoms with Crippen LogP contribution in [0.2, 0.25) is 0 Å². The summed E-state index contributed by atoms with van der Waals surface area (Å²) in [7, 11) is 1.73. The molecule has 0 aliphatic carbocycles. The topological polar surface area (TPSA) is 159 Å². The molecule has 3 aromatic heterocycles. The molecule has 35 heavy (non-hydrogen) atoms. The zero-order chi connectivity index (χ0) is 24.9. The number of pyridine rings is 2. The van der Waals surface area contributed by atoms with Crippen LogP contribution in [0.3, 0.4) is 0 Å². The maximum Gasteiger partial charge on any atom is 0.223 e. The third-order valence-electron chi connectivity index (χ3n) is 5.43. The lowest BCUT2D eigenvalue weighted by molar-refractivity contribution is -0.00550. The van der Waals surface area contributed by atoms with Crippen molar-refractivity contribution in [3.05, 3.63) is 41.7 Å². The van der Waals surface area contributed by atoms with Gasteiger partial charge < -0.3 is 30.4 Å². The highest BCUT2D eigenvalue weighted by Crippen LogP contribution is 2.35. The van der Waals surface area contributed by atoms with Crippen LogP contribution in [0, 0.1) is 18.3 Å². The smallest absolute Gasteiger partial charge is 0.223 e. The van der Waals surface area contributed by atoms with E-state index in [4.69, 9.17) is 20.6 Å². The van der Waals surface area contributed by atoms with E-state index in [2.05, 4.69) is 41.1 Å². The van der Waals surface area contributed by atoms with E-state index in [-0.39, 0.29) is 12.2 Å². The van der Waals surface area contributed by atoms with Gasteiger partial charge in [0.1, 0.15) is 17.5 Å². The number of nitrogen functional groups attached to an aromatic ring is 1. The maximum atomic E-state index is 9.04. The van der Waals surface area contributed by atoms with Crippen LogP contribution in [0.4, 0.5) is 28.8 Å². The van der Waals surface area contributed by atoms with Crippen molar-refractivity contribution in [3.63, 3.8) is 0 Å². The molecule has 4 heterocycles. The van der Waals surface area contributed by atoms with Gasteiger partial charge >= 0.3 is 0 Å². The van der Waals surface area contributed by atoms with Gasteiger partial charge in [-0.1, -0.05) is 0 Å². The van der Waals surface area contributed by atoms with Gasteiger partial charge in [-0.3, -0.25) is 5.84 Å². The summed E-state index contributed by atoms with van der Waals surface area (Å²) in [4.78, 5) is 10.7. The summed E-state index contributed by atoms with van der Waals surface area (Å²) in [6.45, 7) is 7.44.